The molecule has 7 nitrogen and oxygen atoms in total. The van der Waals surface area contributed by atoms with Gasteiger partial charge in [-0.2, -0.15) is 4.98 Å². The van der Waals surface area contributed by atoms with Gasteiger partial charge in [-0.3, -0.25) is 0 Å². The standard InChI is InChI=1S/C21H26FN7.C2H6/c1-3-28(24)19-9-7-15(12-18(19)23)25-21-26-20-17(5-4-10-29(20)27-21)16-8-6-14(22)11-13(16)2;1-2/h4-6,8,10-11,15H,3,7,9,12,23-24H2,1-2H3,(H,25,27);1-2H3. The number of nitrogens with two attached hydrogens (primary N) is 2. The largest absolute Gasteiger partial charge is 0.401 e. The van der Waals surface area contributed by atoms with Crippen molar-refractivity contribution in [1.29, 1.82) is 0 Å². The number of aromatic nitrogens is 3. The molecule has 3 aromatic rings. The van der Waals surface area contributed by atoms with E-state index >= 15 is 0 Å². The van der Waals surface area contributed by atoms with Gasteiger partial charge in [-0.15, -0.1) is 5.10 Å². The second kappa shape index (κ2) is 9.78. The Balaban J connectivity index is 0.00000132. The summed E-state index contributed by atoms with van der Waals surface area (Å²) in [5.74, 6) is 6.31. The summed E-state index contributed by atoms with van der Waals surface area (Å²) >= 11 is 0. The van der Waals surface area contributed by atoms with E-state index in [0.717, 1.165) is 53.1 Å². The summed E-state index contributed by atoms with van der Waals surface area (Å²) in [6.07, 6.45) is 4.28. The first-order chi connectivity index (χ1) is 15.0. The molecule has 0 saturated heterocycles. The SMILES string of the molecule is CC.CCN(N)C1=C(N)CC(Nc2nc3c(-c4ccc(F)cc4C)cccn3n2)CC1. The lowest BCUT2D eigenvalue weighted by Crippen LogP contribution is -2.37. The van der Waals surface area contributed by atoms with Crippen molar-refractivity contribution >= 4 is 11.6 Å². The third kappa shape index (κ3) is 4.80. The van der Waals surface area contributed by atoms with Crippen molar-refractivity contribution in [2.75, 3.05) is 11.9 Å². The zero-order valence-corrected chi connectivity index (χ0v) is 18.7. The maximum absolute atomic E-state index is 13.5. The molecule has 0 saturated carbocycles. The van der Waals surface area contributed by atoms with Crippen LogP contribution in [0.25, 0.3) is 16.8 Å². The number of anilines is 1. The number of rotatable bonds is 5. The normalized spacial score (nSPS) is 16.1. The molecule has 1 aliphatic carbocycles. The molecule has 0 spiro atoms. The smallest absolute Gasteiger partial charge is 0.243 e. The van der Waals surface area contributed by atoms with E-state index in [1.54, 1.807) is 15.6 Å². The summed E-state index contributed by atoms with van der Waals surface area (Å²) in [5, 5.41) is 9.68. The Kier molecular flexibility index (Phi) is 7.12. The van der Waals surface area contributed by atoms with E-state index < -0.39 is 0 Å². The molecule has 5 N–H and O–H groups in total. The molecule has 1 aliphatic rings. The Labute approximate surface area is 182 Å². The molecule has 1 unspecified atom stereocenters. The predicted molar refractivity (Wildman–Crippen MR) is 124 cm³/mol. The minimum Gasteiger partial charge on any atom is -0.401 e. The first-order valence-corrected chi connectivity index (χ1v) is 10.8. The lowest BCUT2D eigenvalue weighted by atomic mass is 9.96. The van der Waals surface area contributed by atoms with Crippen molar-refractivity contribution in [2.45, 2.75) is 53.0 Å². The average molecular weight is 426 g/mol. The molecule has 0 fully saturated rings. The second-order valence-corrected chi connectivity index (χ2v) is 7.43. The maximum Gasteiger partial charge on any atom is 0.243 e. The van der Waals surface area contributed by atoms with Gasteiger partial charge < -0.3 is 16.1 Å². The molecule has 2 heterocycles. The number of pyridine rings is 1. The Morgan fingerprint density at radius 2 is 2.03 bits per heavy atom. The van der Waals surface area contributed by atoms with Crippen LogP contribution >= 0.6 is 0 Å². The summed E-state index contributed by atoms with van der Waals surface area (Å²) in [7, 11) is 0. The number of nitrogens with one attached hydrogen (secondary N) is 1. The van der Waals surface area contributed by atoms with Gasteiger partial charge in [-0.05, 0) is 62.1 Å². The first kappa shape index (κ1) is 22.6. The van der Waals surface area contributed by atoms with Gasteiger partial charge >= 0.3 is 0 Å². The highest BCUT2D eigenvalue weighted by atomic mass is 19.1. The highest BCUT2D eigenvalue weighted by Crippen LogP contribution is 2.29. The van der Waals surface area contributed by atoms with E-state index in [0.29, 0.717) is 12.4 Å². The van der Waals surface area contributed by atoms with Crippen LogP contribution in [0.3, 0.4) is 0 Å². The Bertz CT molecular complexity index is 1070. The topological polar surface area (TPSA) is 97.5 Å². The Morgan fingerprint density at radius 3 is 2.71 bits per heavy atom. The van der Waals surface area contributed by atoms with E-state index in [1.165, 1.54) is 12.1 Å². The van der Waals surface area contributed by atoms with E-state index in [2.05, 4.69) is 10.4 Å². The van der Waals surface area contributed by atoms with Gasteiger partial charge in [0.2, 0.25) is 5.95 Å². The minimum absolute atomic E-state index is 0.150. The van der Waals surface area contributed by atoms with Crippen LogP contribution < -0.4 is 16.9 Å². The van der Waals surface area contributed by atoms with Gasteiger partial charge in [0.1, 0.15) is 5.82 Å². The summed E-state index contributed by atoms with van der Waals surface area (Å²) in [6, 6.07) is 8.81. The van der Waals surface area contributed by atoms with Gasteiger partial charge in [-0.25, -0.2) is 14.7 Å². The molecule has 31 heavy (non-hydrogen) atoms. The summed E-state index contributed by atoms with van der Waals surface area (Å²) in [5.41, 5.74) is 11.5. The fourth-order valence-corrected chi connectivity index (χ4v) is 3.89. The molecule has 0 aliphatic heterocycles. The molecule has 8 heteroatoms. The fourth-order valence-electron chi connectivity index (χ4n) is 3.89. The number of hydrazine groups is 1. The number of fused-ring (bicyclic) bond motifs is 1. The van der Waals surface area contributed by atoms with Crippen LogP contribution in [-0.4, -0.2) is 32.2 Å². The van der Waals surface area contributed by atoms with Crippen molar-refractivity contribution in [3.8, 4) is 11.1 Å². The zero-order valence-electron chi connectivity index (χ0n) is 18.7. The van der Waals surface area contributed by atoms with Gasteiger partial charge in [-0.1, -0.05) is 19.9 Å². The minimum atomic E-state index is -0.247. The third-order valence-electron chi connectivity index (χ3n) is 5.43. The molecular weight excluding hydrogens is 393 g/mol. The summed E-state index contributed by atoms with van der Waals surface area (Å²) < 4.78 is 15.2. The summed E-state index contributed by atoms with van der Waals surface area (Å²) in [4.78, 5) is 4.70. The molecule has 1 aromatic carbocycles. The van der Waals surface area contributed by atoms with Crippen LogP contribution in [0, 0.1) is 12.7 Å². The van der Waals surface area contributed by atoms with Crippen LogP contribution in [-0.2, 0) is 0 Å². The monoisotopic (exact) mass is 425 g/mol. The average Bonchev–Trinajstić information content (AvgIpc) is 3.17. The number of nitrogens with zero attached hydrogens (tertiary/aromatic N) is 4. The second-order valence-electron chi connectivity index (χ2n) is 7.43. The molecule has 0 radical (unpaired) electrons. The third-order valence-corrected chi connectivity index (χ3v) is 5.43. The number of benzene rings is 1. The van der Waals surface area contributed by atoms with Crippen molar-refractivity contribution < 1.29 is 4.39 Å². The molecular formula is C23H32FN7. The fraction of sp³-hybridized carbons (Fsp3) is 0.391. The van der Waals surface area contributed by atoms with Crippen LogP contribution in [0.15, 0.2) is 47.9 Å². The van der Waals surface area contributed by atoms with Crippen molar-refractivity contribution in [3.63, 3.8) is 0 Å². The van der Waals surface area contributed by atoms with E-state index in [-0.39, 0.29) is 11.9 Å². The molecule has 166 valence electrons. The lowest BCUT2D eigenvalue weighted by Gasteiger charge is -2.30. The molecule has 4 rings (SSSR count). The molecule has 2 aromatic heterocycles. The van der Waals surface area contributed by atoms with Gasteiger partial charge in [0, 0.05) is 42.2 Å². The number of halogens is 1. The maximum atomic E-state index is 13.5. The highest BCUT2D eigenvalue weighted by molar-refractivity contribution is 5.79. The highest BCUT2D eigenvalue weighted by Gasteiger charge is 2.23. The number of allylic oxidation sites excluding steroid dienone is 1. The molecule has 0 bridgehead atoms. The lowest BCUT2D eigenvalue weighted by molar-refractivity contribution is 0.340. The number of aryl methyl sites for hydroxylation is 1. The van der Waals surface area contributed by atoms with Gasteiger partial charge in [0.25, 0.3) is 0 Å². The zero-order chi connectivity index (χ0) is 22.5. The van der Waals surface area contributed by atoms with E-state index in [9.17, 15) is 4.39 Å². The van der Waals surface area contributed by atoms with Gasteiger partial charge in [0.15, 0.2) is 5.65 Å². The van der Waals surface area contributed by atoms with Gasteiger partial charge in [0.05, 0.1) is 0 Å². The van der Waals surface area contributed by atoms with Crippen molar-refractivity contribution in [1.82, 2.24) is 19.6 Å². The van der Waals surface area contributed by atoms with Crippen LogP contribution in [0.4, 0.5) is 10.3 Å². The van der Waals surface area contributed by atoms with Crippen molar-refractivity contribution in [3.05, 3.63) is 59.3 Å². The Morgan fingerprint density at radius 1 is 1.26 bits per heavy atom. The van der Waals surface area contributed by atoms with Crippen LogP contribution in [0.1, 0.15) is 45.6 Å². The number of hydrogen-bond acceptors (Lipinski definition) is 6. The first-order valence-electron chi connectivity index (χ1n) is 10.8. The van der Waals surface area contributed by atoms with Crippen LogP contribution in [0.5, 0.6) is 0 Å². The van der Waals surface area contributed by atoms with Crippen molar-refractivity contribution in [2.24, 2.45) is 11.6 Å². The summed E-state index contributed by atoms with van der Waals surface area (Å²) in [6.45, 7) is 8.63. The quantitative estimate of drug-likeness (QED) is 0.419. The van der Waals surface area contributed by atoms with E-state index in [1.807, 2.05) is 46.0 Å². The molecule has 1 atom stereocenters. The van der Waals surface area contributed by atoms with E-state index in [4.69, 9.17) is 16.6 Å². The molecule has 0 amide bonds. The van der Waals surface area contributed by atoms with Crippen LogP contribution in [0.2, 0.25) is 0 Å². The number of hydrogen-bond donors (Lipinski definition) is 3. The predicted octanol–water partition coefficient (Wildman–Crippen LogP) is 4.20. The Hall–Kier alpha value is -3.13.